The van der Waals surface area contributed by atoms with Crippen molar-refractivity contribution in [3.8, 4) is 6.07 Å². The molecule has 2 rings (SSSR count). The highest BCUT2D eigenvalue weighted by Crippen LogP contribution is 2.12. The van der Waals surface area contributed by atoms with Gasteiger partial charge in [0.2, 0.25) is 0 Å². The number of hydrogen-bond acceptors (Lipinski definition) is 3. The van der Waals surface area contributed by atoms with E-state index >= 15 is 0 Å². The van der Waals surface area contributed by atoms with Gasteiger partial charge in [-0.2, -0.15) is 5.26 Å². The van der Waals surface area contributed by atoms with E-state index in [9.17, 15) is 4.79 Å². The molecule has 0 radical (unpaired) electrons. The molecule has 0 bridgehead atoms. The maximum atomic E-state index is 12.0. The van der Waals surface area contributed by atoms with Crippen LogP contribution in [0.25, 0.3) is 0 Å². The van der Waals surface area contributed by atoms with Crippen LogP contribution in [0.4, 0.5) is 0 Å². The van der Waals surface area contributed by atoms with E-state index in [4.69, 9.17) is 5.26 Å². The SMILES string of the molecule is Cc1ccc(C(=O)NC(C#N)c2ccccc2)cn1. The minimum atomic E-state index is -0.657. The van der Waals surface area contributed by atoms with Crippen molar-refractivity contribution in [1.82, 2.24) is 10.3 Å². The molecule has 19 heavy (non-hydrogen) atoms. The Labute approximate surface area is 111 Å². The number of amides is 1. The van der Waals surface area contributed by atoms with Crippen LogP contribution in [0.15, 0.2) is 48.7 Å². The lowest BCUT2D eigenvalue weighted by Crippen LogP contribution is -2.27. The van der Waals surface area contributed by atoms with E-state index in [1.807, 2.05) is 37.3 Å². The molecular formula is C15H13N3O. The molecule has 1 unspecified atom stereocenters. The second-order valence-corrected chi connectivity index (χ2v) is 4.13. The standard InChI is InChI=1S/C15H13N3O/c1-11-7-8-13(10-17-11)15(19)18-14(9-16)12-5-3-2-4-6-12/h2-8,10,14H,1H3,(H,18,19). The Morgan fingerprint density at radius 3 is 2.58 bits per heavy atom. The van der Waals surface area contributed by atoms with Gasteiger partial charge in [-0.15, -0.1) is 0 Å². The zero-order valence-electron chi connectivity index (χ0n) is 10.5. The van der Waals surface area contributed by atoms with Gasteiger partial charge in [-0.3, -0.25) is 9.78 Å². The maximum Gasteiger partial charge on any atom is 0.254 e. The molecule has 0 aliphatic heterocycles. The van der Waals surface area contributed by atoms with E-state index in [1.54, 1.807) is 12.1 Å². The van der Waals surface area contributed by atoms with Gasteiger partial charge in [0.05, 0.1) is 11.6 Å². The maximum absolute atomic E-state index is 12.0. The van der Waals surface area contributed by atoms with E-state index in [1.165, 1.54) is 6.20 Å². The van der Waals surface area contributed by atoms with Gasteiger partial charge < -0.3 is 5.32 Å². The van der Waals surface area contributed by atoms with Crippen LogP contribution in [0.2, 0.25) is 0 Å². The molecule has 0 fully saturated rings. The quantitative estimate of drug-likeness (QED) is 0.910. The Morgan fingerprint density at radius 1 is 1.26 bits per heavy atom. The van der Waals surface area contributed by atoms with Crippen molar-refractivity contribution >= 4 is 5.91 Å². The molecule has 0 saturated heterocycles. The Bertz CT molecular complexity index is 600. The zero-order chi connectivity index (χ0) is 13.7. The van der Waals surface area contributed by atoms with Gasteiger partial charge in [0.25, 0.3) is 5.91 Å². The predicted molar refractivity (Wildman–Crippen MR) is 71.2 cm³/mol. The lowest BCUT2D eigenvalue weighted by molar-refractivity contribution is 0.0945. The van der Waals surface area contributed by atoms with Gasteiger partial charge in [0.15, 0.2) is 0 Å². The summed E-state index contributed by atoms with van der Waals surface area (Å²) in [4.78, 5) is 16.1. The smallest absolute Gasteiger partial charge is 0.254 e. The first-order valence-corrected chi connectivity index (χ1v) is 5.89. The number of hydrogen-bond donors (Lipinski definition) is 1. The fourth-order valence-electron chi connectivity index (χ4n) is 1.65. The van der Waals surface area contributed by atoms with Crippen LogP contribution < -0.4 is 5.32 Å². The molecule has 1 atom stereocenters. The number of nitrogens with one attached hydrogen (secondary N) is 1. The minimum Gasteiger partial charge on any atom is -0.332 e. The monoisotopic (exact) mass is 251 g/mol. The highest BCUT2D eigenvalue weighted by molar-refractivity contribution is 5.94. The van der Waals surface area contributed by atoms with E-state index < -0.39 is 6.04 Å². The molecule has 0 spiro atoms. The third-order valence-corrected chi connectivity index (χ3v) is 2.71. The first-order valence-electron chi connectivity index (χ1n) is 5.89. The van der Waals surface area contributed by atoms with Crippen molar-refractivity contribution in [1.29, 1.82) is 5.26 Å². The topological polar surface area (TPSA) is 65.8 Å². The van der Waals surface area contributed by atoms with Crippen LogP contribution in [0.3, 0.4) is 0 Å². The third kappa shape index (κ3) is 3.17. The second-order valence-electron chi connectivity index (χ2n) is 4.13. The lowest BCUT2D eigenvalue weighted by Gasteiger charge is -2.11. The van der Waals surface area contributed by atoms with Gasteiger partial charge in [0, 0.05) is 11.9 Å². The fraction of sp³-hybridized carbons (Fsp3) is 0.133. The molecule has 4 heteroatoms. The highest BCUT2D eigenvalue weighted by atomic mass is 16.1. The van der Waals surface area contributed by atoms with Gasteiger partial charge in [0.1, 0.15) is 6.04 Å². The molecule has 0 aliphatic carbocycles. The van der Waals surface area contributed by atoms with E-state index in [0.717, 1.165) is 11.3 Å². The molecule has 1 aromatic carbocycles. The van der Waals surface area contributed by atoms with Crippen LogP contribution in [0.5, 0.6) is 0 Å². The average Bonchev–Trinajstić information content (AvgIpc) is 2.46. The van der Waals surface area contributed by atoms with Gasteiger partial charge in [-0.05, 0) is 24.6 Å². The average molecular weight is 251 g/mol. The molecule has 1 aromatic heterocycles. The molecule has 1 N–H and O–H groups in total. The molecular weight excluding hydrogens is 238 g/mol. The van der Waals surface area contributed by atoms with E-state index in [2.05, 4.69) is 16.4 Å². The molecule has 4 nitrogen and oxygen atoms in total. The van der Waals surface area contributed by atoms with Crippen LogP contribution in [-0.2, 0) is 0 Å². The third-order valence-electron chi connectivity index (χ3n) is 2.71. The first-order chi connectivity index (χ1) is 9.20. The Morgan fingerprint density at radius 2 is 2.00 bits per heavy atom. The van der Waals surface area contributed by atoms with Gasteiger partial charge >= 0.3 is 0 Å². The van der Waals surface area contributed by atoms with Crippen molar-refractivity contribution < 1.29 is 4.79 Å². The van der Waals surface area contributed by atoms with Crippen LogP contribution in [-0.4, -0.2) is 10.9 Å². The number of nitrogens with zero attached hydrogens (tertiary/aromatic N) is 2. The number of benzene rings is 1. The number of aromatic nitrogens is 1. The van der Waals surface area contributed by atoms with E-state index in [-0.39, 0.29) is 5.91 Å². The van der Waals surface area contributed by atoms with Crippen molar-refractivity contribution in [2.45, 2.75) is 13.0 Å². The fourth-order valence-corrected chi connectivity index (χ4v) is 1.65. The summed E-state index contributed by atoms with van der Waals surface area (Å²) in [6.45, 7) is 1.85. The number of carbonyl (C=O) groups is 1. The summed E-state index contributed by atoms with van der Waals surface area (Å²) < 4.78 is 0. The van der Waals surface area contributed by atoms with Crippen molar-refractivity contribution in [3.63, 3.8) is 0 Å². The molecule has 0 aliphatic rings. The Hall–Kier alpha value is -2.67. The Balaban J connectivity index is 2.13. The van der Waals surface area contributed by atoms with Crippen LogP contribution >= 0.6 is 0 Å². The van der Waals surface area contributed by atoms with Crippen LogP contribution in [0, 0.1) is 18.3 Å². The summed E-state index contributed by atoms with van der Waals surface area (Å²) in [6, 6.07) is 14.0. The van der Waals surface area contributed by atoms with E-state index in [0.29, 0.717) is 5.56 Å². The van der Waals surface area contributed by atoms with Gasteiger partial charge in [-0.25, -0.2) is 0 Å². The summed E-state index contributed by atoms with van der Waals surface area (Å²) >= 11 is 0. The molecule has 1 heterocycles. The van der Waals surface area contributed by atoms with Crippen molar-refractivity contribution in [2.24, 2.45) is 0 Å². The molecule has 0 saturated carbocycles. The van der Waals surface area contributed by atoms with Crippen molar-refractivity contribution in [2.75, 3.05) is 0 Å². The molecule has 94 valence electrons. The first kappa shape index (κ1) is 12.8. The zero-order valence-corrected chi connectivity index (χ0v) is 10.5. The number of carbonyl (C=O) groups excluding carboxylic acids is 1. The van der Waals surface area contributed by atoms with Gasteiger partial charge in [-0.1, -0.05) is 30.3 Å². The number of pyridine rings is 1. The molecule has 1 amide bonds. The highest BCUT2D eigenvalue weighted by Gasteiger charge is 2.14. The minimum absolute atomic E-state index is 0.303. The van der Waals surface area contributed by atoms with Crippen LogP contribution in [0.1, 0.15) is 27.7 Å². The summed E-state index contributed by atoms with van der Waals surface area (Å²) in [7, 11) is 0. The molecule has 2 aromatic rings. The second kappa shape index (κ2) is 5.78. The summed E-state index contributed by atoms with van der Waals surface area (Å²) in [5, 5.41) is 11.8. The summed E-state index contributed by atoms with van der Waals surface area (Å²) in [5.74, 6) is -0.303. The van der Waals surface area contributed by atoms with Crippen molar-refractivity contribution in [3.05, 3.63) is 65.5 Å². The predicted octanol–water partition coefficient (Wildman–Crippen LogP) is 2.38. The number of aryl methyl sites for hydroxylation is 1. The largest absolute Gasteiger partial charge is 0.332 e. The number of rotatable bonds is 3. The summed E-state index contributed by atoms with van der Waals surface area (Å²) in [5.41, 5.74) is 2.05. The Kier molecular flexibility index (Phi) is 3.89. The summed E-state index contributed by atoms with van der Waals surface area (Å²) in [6.07, 6.45) is 1.50. The lowest BCUT2D eigenvalue weighted by atomic mass is 10.1. The normalized spacial score (nSPS) is 11.4. The number of nitriles is 1.